The van der Waals surface area contributed by atoms with E-state index in [-0.39, 0.29) is 11.9 Å². The third-order valence-electron chi connectivity index (χ3n) is 3.80. The number of hydrogen-bond acceptors (Lipinski definition) is 4. The van der Waals surface area contributed by atoms with Crippen molar-refractivity contribution in [1.82, 2.24) is 14.9 Å². The maximum Gasteiger partial charge on any atom is 0.274 e. The lowest BCUT2D eigenvalue weighted by molar-refractivity contribution is 0.0547. The average molecular weight is 277 g/mol. The standard InChI is InChI=1S/C15H23N3O2/c1-11(2)18(12-7-5-4-6-8-12)15(19)13-9-16-10-14(17-13)20-3/h9-12H,4-8H2,1-3H3. The number of carbonyl (C=O) groups excluding carboxylic acids is 1. The predicted octanol–water partition coefficient (Wildman–Crippen LogP) is 2.67. The summed E-state index contributed by atoms with van der Waals surface area (Å²) in [4.78, 5) is 22.9. The first-order valence-corrected chi connectivity index (χ1v) is 7.32. The molecule has 1 aromatic heterocycles. The Labute approximate surface area is 120 Å². The number of rotatable bonds is 4. The van der Waals surface area contributed by atoms with E-state index in [1.807, 2.05) is 4.90 Å². The van der Waals surface area contributed by atoms with Gasteiger partial charge < -0.3 is 9.64 Å². The van der Waals surface area contributed by atoms with E-state index in [1.165, 1.54) is 38.8 Å². The highest BCUT2D eigenvalue weighted by Gasteiger charge is 2.29. The molecule has 1 fully saturated rings. The zero-order valence-corrected chi connectivity index (χ0v) is 12.5. The van der Waals surface area contributed by atoms with Gasteiger partial charge in [0, 0.05) is 12.1 Å². The molecule has 5 heteroatoms. The van der Waals surface area contributed by atoms with Crippen LogP contribution in [-0.2, 0) is 0 Å². The van der Waals surface area contributed by atoms with Crippen LogP contribution in [0.15, 0.2) is 12.4 Å². The van der Waals surface area contributed by atoms with Crippen LogP contribution in [0.4, 0.5) is 0 Å². The van der Waals surface area contributed by atoms with Crippen molar-refractivity contribution in [2.45, 2.75) is 58.0 Å². The van der Waals surface area contributed by atoms with Crippen molar-refractivity contribution >= 4 is 5.91 Å². The molecule has 0 bridgehead atoms. The van der Waals surface area contributed by atoms with Crippen LogP contribution < -0.4 is 4.74 Å². The van der Waals surface area contributed by atoms with Gasteiger partial charge in [-0.1, -0.05) is 19.3 Å². The summed E-state index contributed by atoms with van der Waals surface area (Å²) in [5.41, 5.74) is 0.364. The van der Waals surface area contributed by atoms with Crippen LogP contribution in [0.2, 0.25) is 0 Å². The minimum Gasteiger partial charge on any atom is -0.480 e. The molecule has 1 saturated carbocycles. The monoisotopic (exact) mass is 277 g/mol. The summed E-state index contributed by atoms with van der Waals surface area (Å²) in [6.07, 6.45) is 8.87. The maximum atomic E-state index is 12.7. The average Bonchev–Trinajstić information content (AvgIpc) is 2.48. The van der Waals surface area contributed by atoms with Crippen LogP contribution in [0, 0.1) is 0 Å². The van der Waals surface area contributed by atoms with Crippen LogP contribution in [0.25, 0.3) is 0 Å². The fraction of sp³-hybridized carbons (Fsp3) is 0.667. The van der Waals surface area contributed by atoms with E-state index in [1.54, 1.807) is 0 Å². The van der Waals surface area contributed by atoms with E-state index in [0.717, 1.165) is 12.8 Å². The molecule has 0 N–H and O–H groups in total. The van der Waals surface area contributed by atoms with Gasteiger partial charge in [0.1, 0.15) is 0 Å². The van der Waals surface area contributed by atoms with Gasteiger partial charge in [-0.05, 0) is 26.7 Å². The zero-order valence-electron chi connectivity index (χ0n) is 12.5. The lowest BCUT2D eigenvalue weighted by Crippen LogP contribution is -2.46. The summed E-state index contributed by atoms with van der Waals surface area (Å²) < 4.78 is 5.05. The first-order chi connectivity index (χ1) is 9.63. The van der Waals surface area contributed by atoms with Crippen molar-refractivity contribution < 1.29 is 9.53 Å². The number of hydrogen-bond donors (Lipinski definition) is 0. The summed E-state index contributed by atoms with van der Waals surface area (Å²) in [6, 6.07) is 0.489. The molecule has 0 radical (unpaired) electrons. The first-order valence-electron chi connectivity index (χ1n) is 7.32. The van der Waals surface area contributed by atoms with E-state index < -0.39 is 0 Å². The van der Waals surface area contributed by atoms with Crippen LogP contribution in [0.1, 0.15) is 56.4 Å². The van der Waals surface area contributed by atoms with E-state index in [4.69, 9.17) is 4.74 Å². The summed E-state index contributed by atoms with van der Waals surface area (Å²) in [5, 5.41) is 0. The topological polar surface area (TPSA) is 55.3 Å². The highest BCUT2D eigenvalue weighted by Crippen LogP contribution is 2.25. The number of aromatic nitrogens is 2. The van der Waals surface area contributed by atoms with Crippen LogP contribution in [0.5, 0.6) is 5.88 Å². The molecule has 0 atom stereocenters. The van der Waals surface area contributed by atoms with Gasteiger partial charge in [0.15, 0.2) is 5.69 Å². The predicted molar refractivity (Wildman–Crippen MR) is 76.8 cm³/mol. The van der Waals surface area contributed by atoms with Gasteiger partial charge in [-0.15, -0.1) is 0 Å². The first kappa shape index (κ1) is 14.8. The van der Waals surface area contributed by atoms with Crippen LogP contribution in [-0.4, -0.2) is 40.0 Å². The van der Waals surface area contributed by atoms with Crippen molar-refractivity contribution in [3.05, 3.63) is 18.1 Å². The number of methoxy groups -OCH3 is 1. The Kier molecular flexibility index (Phi) is 4.93. The Balaban J connectivity index is 2.21. The third-order valence-corrected chi connectivity index (χ3v) is 3.80. The molecule has 0 saturated heterocycles. The van der Waals surface area contributed by atoms with E-state index >= 15 is 0 Å². The van der Waals surface area contributed by atoms with E-state index in [0.29, 0.717) is 17.6 Å². The quantitative estimate of drug-likeness (QED) is 0.849. The molecular formula is C15H23N3O2. The Morgan fingerprint density at radius 3 is 2.60 bits per heavy atom. The third kappa shape index (κ3) is 3.26. The fourth-order valence-corrected chi connectivity index (χ4v) is 2.86. The molecule has 1 heterocycles. The normalized spacial score (nSPS) is 16.2. The summed E-state index contributed by atoms with van der Waals surface area (Å²) >= 11 is 0. The molecule has 20 heavy (non-hydrogen) atoms. The van der Waals surface area contributed by atoms with Gasteiger partial charge in [-0.2, -0.15) is 0 Å². The van der Waals surface area contributed by atoms with Gasteiger partial charge in [0.25, 0.3) is 5.91 Å². The molecule has 0 aliphatic heterocycles. The fourth-order valence-electron chi connectivity index (χ4n) is 2.86. The molecule has 5 nitrogen and oxygen atoms in total. The maximum absolute atomic E-state index is 12.7. The second kappa shape index (κ2) is 6.68. The van der Waals surface area contributed by atoms with Gasteiger partial charge in [-0.3, -0.25) is 9.78 Å². The molecule has 1 aliphatic rings. The van der Waals surface area contributed by atoms with Crippen molar-refractivity contribution in [3.63, 3.8) is 0 Å². The molecule has 1 aromatic rings. The van der Waals surface area contributed by atoms with Gasteiger partial charge in [0.05, 0.1) is 19.5 Å². The molecular weight excluding hydrogens is 254 g/mol. The van der Waals surface area contributed by atoms with Crippen molar-refractivity contribution in [2.75, 3.05) is 7.11 Å². The number of carbonyl (C=O) groups is 1. The van der Waals surface area contributed by atoms with Crippen LogP contribution in [0.3, 0.4) is 0 Å². The Bertz CT molecular complexity index is 456. The molecule has 110 valence electrons. The van der Waals surface area contributed by atoms with Crippen molar-refractivity contribution in [1.29, 1.82) is 0 Å². The molecule has 0 spiro atoms. The second-order valence-corrected chi connectivity index (χ2v) is 5.54. The van der Waals surface area contributed by atoms with Gasteiger partial charge in [-0.25, -0.2) is 4.98 Å². The largest absolute Gasteiger partial charge is 0.480 e. The Morgan fingerprint density at radius 1 is 1.30 bits per heavy atom. The summed E-state index contributed by atoms with van der Waals surface area (Å²) in [5.74, 6) is 0.335. The molecule has 0 unspecified atom stereocenters. The minimum atomic E-state index is -0.0432. The second-order valence-electron chi connectivity index (χ2n) is 5.54. The van der Waals surface area contributed by atoms with E-state index in [2.05, 4.69) is 23.8 Å². The minimum absolute atomic E-state index is 0.0432. The number of ether oxygens (including phenoxy) is 1. The van der Waals surface area contributed by atoms with Crippen molar-refractivity contribution in [3.8, 4) is 5.88 Å². The Morgan fingerprint density at radius 2 is 2.00 bits per heavy atom. The SMILES string of the molecule is COc1cncc(C(=O)N(C(C)C)C2CCCCC2)n1. The van der Waals surface area contributed by atoms with E-state index in [9.17, 15) is 4.79 Å². The molecule has 0 aromatic carbocycles. The summed E-state index contributed by atoms with van der Waals surface area (Å²) in [6.45, 7) is 4.11. The number of nitrogens with zero attached hydrogens (tertiary/aromatic N) is 3. The zero-order chi connectivity index (χ0) is 14.5. The molecule has 1 amide bonds. The molecule has 2 rings (SSSR count). The highest BCUT2D eigenvalue weighted by atomic mass is 16.5. The molecule has 1 aliphatic carbocycles. The smallest absolute Gasteiger partial charge is 0.274 e. The number of amides is 1. The lowest BCUT2D eigenvalue weighted by Gasteiger charge is -2.37. The lowest BCUT2D eigenvalue weighted by atomic mass is 9.93. The van der Waals surface area contributed by atoms with Crippen molar-refractivity contribution in [2.24, 2.45) is 0 Å². The Hall–Kier alpha value is -1.65. The summed E-state index contributed by atoms with van der Waals surface area (Å²) in [7, 11) is 1.53. The van der Waals surface area contributed by atoms with Crippen LogP contribution >= 0.6 is 0 Å². The van der Waals surface area contributed by atoms with Gasteiger partial charge >= 0.3 is 0 Å². The van der Waals surface area contributed by atoms with Gasteiger partial charge in [0.2, 0.25) is 5.88 Å². The highest BCUT2D eigenvalue weighted by molar-refractivity contribution is 5.92.